The molecule has 6 heteroatoms. The maximum absolute atomic E-state index is 13.2. The molecule has 0 heterocycles. The Labute approximate surface area is 389 Å². The van der Waals surface area contributed by atoms with Gasteiger partial charge in [0.25, 0.3) is 0 Å². The Morgan fingerprint density at radius 3 is 1.38 bits per heavy atom. The van der Waals surface area contributed by atoms with Crippen molar-refractivity contribution in [2.45, 2.75) is 257 Å². The molecule has 6 nitrogen and oxygen atoms in total. The van der Waals surface area contributed by atoms with Crippen LogP contribution in [0.15, 0.2) is 85.1 Å². The topological polar surface area (TPSA) is 95.9 Å². The van der Waals surface area contributed by atoms with Crippen LogP contribution in [-0.2, 0) is 14.3 Å². The van der Waals surface area contributed by atoms with E-state index in [2.05, 4.69) is 56.5 Å². The quantitative estimate of drug-likeness (QED) is 0.0245. The van der Waals surface area contributed by atoms with Crippen molar-refractivity contribution in [3.05, 3.63) is 85.1 Å². The van der Waals surface area contributed by atoms with Crippen molar-refractivity contribution in [2.24, 2.45) is 0 Å². The molecule has 0 aromatic carbocycles. The number of hydrogen-bond acceptors (Lipinski definition) is 5. The largest absolute Gasteiger partial charge is 0.462 e. The summed E-state index contributed by atoms with van der Waals surface area (Å²) in [5.74, 6) is -0.557. The summed E-state index contributed by atoms with van der Waals surface area (Å²) in [5, 5.41) is 23.8. The lowest BCUT2D eigenvalue weighted by molar-refractivity contribution is -0.151. The lowest BCUT2D eigenvalue weighted by Gasteiger charge is -2.24. The van der Waals surface area contributed by atoms with Crippen molar-refractivity contribution in [3.63, 3.8) is 0 Å². The van der Waals surface area contributed by atoms with Crippen molar-refractivity contribution in [1.82, 2.24) is 5.32 Å². The molecule has 0 saturated carbocycles. The zero-order valence-electron chi connectivity index (χ0n) is 41.2. The van der Waals surface area contributed by atoms with E-state index in [0.29, 0.717) is 19.3 Å². The minimum atomic E-state index is -0.806. The van der Waals surface area contributed by atoms with Gasteiger partial charge in [0, 0.05) is 6.42 Å². The number of unbranched alkanes of at least 4 members (excludes halogenated alkanes) is 25. The zero-order chi connectivity index (χ0) is 45.9. The van der Waals surface area contributed by atoms with Crippen LogP contribution in [0.5, 0.6) is 0 Å². The number of carbonyl (C=O) groups is 2. The van der Waals surface area contributed by atoms with Crippen LogP contribution in [0.25, 0.3) is 0 Å². The van der Waals surface area contributed by atoms with Gasteiger partial charge in [0.15, 0.2) is 0 Å². The summed E-state index contributed by atoms with van der Waals surface area (Å²) in [6, 6.07) is -0.723. The molecular weight excluding hydrogens is 779 g/mol. The zero-order valence-corrected chi connectivity index (χ0v) is 41.2. The molecule has 0 aliphatic rings. The van der Waals surface area contributed by atoms with Crippen LogP contribution in [-0.4, -0.2) is 46.9 Å². The maximum atomic E-state index is 13.2. The summed E-state index contributed by atoms with van der Waals surface area (Å²) in [6.45, 7) is 6.32. The van der Waals surface area contributed by atoms with Gasteiger partial charge in [-0.1, -0.05) is 247 Å². The van der Waals surface area contributed by atoms with E-state index >= 15 is 0 Å². The van der Waals surface area contributed by atoms with Crippen LogP contribution in [0.4, 0.5) is 0 Å². The van der Waals surface area contributed by atoms with Crippen LogP contribution < -0.4 is 5.32 Å². The Bertz CT molecular complexity index is 1210. The lowest BCUT2D eigenvalue weighted by Crippen LogP contribution is -2.46. The molecule has 0 aliphatic carbocycles. The van der Waals surface area contributed by atoms with E-state index in [1.54, 1.807) is 0 Å². The summed E-state index contributed by atoms with van der Waals surface area (Å²) in [7, 11) is 0. The molecule has 0 spiro atoms. The highest BCUT2D eigenvalue weighted by Crippen LogP contribution is 2.17. The van der Waals surface area contributed by atoms with Crippen LogP contribution in [0.2, 0.25) is 0 Å². The van der Waals surface area contributed by atoms with Crippen molar-refractivity contribution >= 4 is 11.9 Å². The summed E-state index contributed by atoms with van der Waals surface area (Å²) in [6.07, 6.45) is 65.0. The molecule has 0 rings (SSSR count). The molecule has 0 aromatic rings. The molecule has 0 aliphatic heterocycles. The SMILES string of the molecule is CC\C=C/C=C/C=C/C=C\C=C\C=C\CCCCCC(=O)OC(CCC/C=C\CCCCCCCCC)CC(=O)NC(CO)C(O)CCCCCCCCCCCCCCCCC. The Balaban J connectivity index is 4.66. The molecule has 0 bridgehead atoms. The van der Waals surface area contributed by atoms with Gasteiger partial charge in [0.1, 0.15) is 6.10 Å². The fraction of sp³-hybridized carbons (Fsp3) is 0.719. The molecular formula is C57H99NO5. The molecule has 0 aromatic heterocycles. The first kappa shape index (κ1) is 60.0. The van der Waals surface area contributed by atoms with Crippen molar-refractivity contribution in [3.8, 4) is 0 Å². The number of aliphatic hydroxyl groups is 2. The number of hydrogen-bond donors (Lipinski definition) is 3. The number of ether oxygens (including phenoxy) is 1. The molecule has 63 heavy (non-hydrogen) atoms. The number of esters is 1. The number of aliphatic hydroxyl groups excluding tert-OH is 2. The second-order valence-corrected chi connectivity index (χ2v) is 17.7. The second kappa shape index (κ2) is 50.0. The molecule has 3 N–H and O–H groups in total. The fourth-order valence-electron chi connectivity index (χ4n) is 7.64. The highest BCUT2D eigenvalue weighted by Gasteiger charge is 2.24. The number of amides is 1. The maximum Gasteiger partial charge on any atom is 0.306 e. The van der Waals surface area contributed by atoms with E-state index in [-0.39, 0.29) is 24.9 Å². The fourth-order valence-corrected chi connectivity index (χ4v) is 7.64. The molecule has 3 unspecified atom stereocenters. The van der Waals surface area contributed by atoms with Gasteiger partial charge in [0.05, 0.1) is 25.2 Å². The molecule has 3 atom stereocenters. The minimum Gasteiger partial charge on any atom is -0.462 e. The third-order valence-corrected chi connectivity index (χ3v) is 11.6. The molecule has 1 amide bonds. The summed E-state index contributed by atoms with van der Waals surface area (Å²) >= 11 is 0. The Kier molecular flexibility index (Phi) is 47.7. The number of allylic oxidation sites excluding steroid dienone is 14. The Hall–Kier alpha value is -2.96. The first-order valence-corrected chi connectivity index (χ1v) is 26.4. The van der Waals surface area contributed by atoms with E-state index < -0.39 is 18.2 Å². The predicted molar refractivity (Wildman–Crippen MR) is 273 cm³/mol. The highest BCUT2D eigenvalue weighted by atomic mass is 16.5. The van der Waals surface area contributed by atoms with Gasteiger partial charge in [-0.2, -0.15) is 0 Å². The average molecular weight is 878 g/mol. The van der Waals surface area contributed by atoms with E-state index in [9.17, 15) is 19.8 Å². The van der Waals surface area contributed by atoms with Gasteiger partial charge in [-0.05, 0) is 64.2 Å². The van der Waals surface area contributed by atoms with Crippen LogP contribution >= 0.6 is 0 Å². The van der Waals surface area contributed by atoms with Crippen LogP contribution in [0, 0.1) is 0 Å². The molecule has 362 valence electrons. The molecule has 0 fully saturated rings. The first-order chi connectivity index (χ1) is 31.0. The van der Waals surface area contributed by atoms with Gasteiger partial charge in [0.2, 0.25) is 5.91 Å². The van der Waals surface area contributed by atoms with Crippen LogP contribution in [0.3, 0.4) is 0 Å². The van der Waals surface area contributed by atoms with E-state index in [1.165, 1.54) is 122 Å². The Morgan fingerprint density at radius 2 is 0.889 bits per heavy atom. The summed E-state index contributed by atoms with van der Waals surface area (Å²) < 4.78 is 5.90. The van der Waals surface area contributed by atoms with Gasteiger partial charge in [-0.3, -0.25) is 9.59 Å². The predicted octanol–water partition coefficient (Wildman–Crippen LogP) is 16.0. The van der Waals surface area contributed by atoms with Crippen molar-refractivity contribution < 1.29 is 24.5 Å². The first-order valence-electron chi connectivity index (χ1n) is 26.4. The van der Waals surface area contributed by atoms with Crippen LogP contribution in [0.1, 0.15) is 239 Å². The van der Waals surface area contributed by atoms with Gasteiger partial charge < -0.3 is 20.3 Å². The summed E-state index contributed by atoms with van der Waals surface area (Å²) in [5.41, 5.74) is 0. The summed E-state index contributed by atoms with van der Waals surface area (Å²) in [4.78, 5) is 26.1. The lowest BCUT2D eigenvalue weighted by atomic mass is 10.0. The third kappa shape index (κ3) is 45.4. The van der Waals surface area contributed by atoms with E-state index in [1.807, 2.05) is 54.7 Å². The molecule has 0 radical (unpaired) electrons. The average Bonchev–Trinajstić information content (AvgIpc) is 3.28. The highest BCUT2D eigenvalue weighted by molar-refractivity contribution is 5.77. The van der Waals surface area contributed by atoms with Gasteiger partial charge >= 0.3 is 5.97 Å². The number of rotatable bonds is 46. The van der Waals surface area contributed by atoms with E-state index in [4.69, 9.17) is 4.74 Å². The number of nitrogens with one attached hydrogen (secondary N) is 1. The Morgan fingerprint density at radius 1 is 0.476 bits per heavy atom. The normalized spacial score (nSPS) is 13.9. The smallest absolute Gasteiger partial charge is 0.306 e. The minimum absolute atomic E-state index is 0.0349. The van der Waals surface area contributed by atoms with Crippen molar-refractivity contribution in [2.75, 3.05) is 6.61 Å². The van der Waals surface area contributed by atoms with Crippen molar-refractivity contribution in [1.29, 1.82) is 0 Å². The van der Waals surface area contributed by atoms with Gasteiger partial charge in [-0.15, -0.1) is 0 Å². The van der Waals surface area contributed by atoms with E-state index in [0.717, 1.165) is 70.6 Å². The third-order valence-electron chi connectivity index (χ3n) is 11.6. The standard InChI is InChI=1S/C57H99NO5/c1-4-7-10-13-16-19-22-25-27-28-30-32-35-38-41-44-47-50-57(62)63-53(48-45-42-39-36-33-24-21-18-15-12-9-6-3)51-56(61)58-54(52-59)55(60)49-46-43-40-37-34-31-29-26-23-20-17-14-11-8-5-2/h7,10,13,16,19,22,25,27-28,30,32,35-36,39,53-55,59-60H,4-6,8-9,11-12,14-15,17-18,20-21,23-24,26,29,31,33-34,37-38,40-52H2,1-3H3,(H,58,61)/b10-7-,16-13+,22-19+,27-25-,30-28+,35-32+,39-36-. The monoisotopic (exact) mass is 878 g/mol. The number of carbonyl (C=O) groups excluding carboxylic acids is 2. The second-order valence-electron chi connectivity index (χ2n) is 17.7. The van der Waals surface area contributed by atoms with Gasteiger partial charge in [-0.25, -0.2) is 0 Å². The molecule has 0 saturated heterocycles.